The summed E-state index contributed by atoms with van der Waals surface area (Å²) in [5, 5.41) is 14.3. The van der Waals surface area contributed by atoms with E-state index in [-0.39, 0.29) is 10.6 Å². The van der Waals surface area contributed by atoms with Crippen molar-refractivity contribution in [2.24, 2.45) is 11.8 Å². The van der Waals surface area contributed by atoms with Gasteiger partial charge in [-0.2, -0.15) is 0 Å². The molecule has 3 atom stereocenters. The molecule has 0 amide bonds. The number of nitro groups is 1. The third kappa shape index (κ3) is 2.60. The molecular formula is C13H19N3O2. The number of nitrogens with one attached hydrogen (secondary N) is 1. The van der Waals surface area contributed by atoms with Crippen molar-refractivity contribution in [3.8, 4) is 0 Å². The van der Waals surface area contributed by atoms with Crippen molar-refractivity contribution in [3.63, 3.8) is 0 Å². The summed E-state index contributed by atoms with van der Waals surface area (Å²) in [5.74, 6) is 1.20. The Bertz CT molecular complexity index is 436. The van der Waals surface area contributed by atoms with Crippen LogP contribution in [-0.4, -0.2) is 15.9 Å². The number of hydrogen-bond donors (Lipinski definition) is 1. The van der Waals surface area contributed by atoms with Crippen molar-refractivity contribution in [1.82, 2.24) is 4.98 Å². The molecule has 0 aromatic carbocycles. The zero-order chi connectivity index (χ0) is 13.1. The van der Waals surface area contributed by atoms with Crippen LogP contribution in [0.3, 0.4) is 0 Å². The quantitative estimate of drug-likeness (QED) is 0.659. The van der Waals surface area contributed by atoms with Gasteiger partial charge in [-0.1, -0.05) is 26.7 Å². The lowest BCUT2D eigenvalue weighted by atomic mass is 9.78. The molecule has 0 bridgehead atoms. The van der Waals surface area contributed by atoms with Crippen LogP contribution in [-0.2, 0) is 0 Å². The number of nitrogens with zero attached hydrogens (tertiary/aromatic N) is 2. The molecule has 0 radical (unpaired) electrons. The molecule has 1 aliphatic rings. The predicted octanol–water partition coefficient (Wildman–Crippen LogP) is 3.23. The third-order valence-electron chi connectivity index (χ3n) is 4.04. The van der Waals surface area contributed by atoms with Crippen LogP contribution in [0.4, 0.5) is 11.4 Å². The minimum absolute atomic E-state index is 0.0583. The Kier molecular flexibility index (Phi) is 3.79. The van der Waals surface area contributed by atoms with Crippen molar-refractivity contribution >= 4 is 11.4 Å². The molecule has 1 aromatic heterocycles. The summed E-state index contributed by atoms with van der Waals surface area (Å²) < 4.78 is 0. The van der Waals surface area contributed by atoms with Crippen LogP contribution >= 0.6 is 0 Å². The molecule has 1 fully saturated rings. The number of hydrogen-bond acceptors (Lipinski definition) is 4. The van der Waals surface area contributed by atoms with E-state index in [2.05, 4.69) is 24.1 Å². The largest absolute Gasteiger partial charge is 0.376 e. The monoisotopic (exact) mass is 249 g/mol. The maximum absolute atomic E-state index is 10.9. The van der Waals surface area contributed by atoms with Crippen LogP contribution in [0.25, 0.3) is 0 Å². The minimum atomic E-state index is -0.383. The van der Waals surface area contributed by atoms with Crippen LogP contribution in [0.5, 0.6) is 0 Å². The van der Waals surface area contributed by atoms with E-state index in [1.165, 1.54) is 19.0 Å². The van der Waals surface area contributed by atoms with Gasteiger partial charge in [-0.15, -0.1) is 0 Å². The molecule has 18 heavy (non-hydrogen) atoms. The minimum Gasteiger partial charge on any atom is -0.376 e. The van der Waals surface area contributed by atoms with E-state index in [1.54, 1.807) is 12.3 Å². The van der Waals surface area contributed by atoms with E-state index in [4.69, 9.17) is 0 Å². The van der Waals surface area contributed by atoms with Gasteiger partial charge in [0.2, 0.25) is 0 Å². The van der Waals surface area contributed by atoms with Crippen molar-refractivity contribution in [1.29, 1.82) is 0 Å². The summed E-state index contributed by atoms with van der Waals surface area (Å²) in [6, 6.07) is 2.00. The first-order chi connectivity index (χ1) is 8.59. The van der Waals surface area contributed by atoms with Gasteiger partial charge in [-0.3, -0.25) is 15.1 Å². The summed E-state index contributed by atoms with van der Waals surface area (Å²) in [4.78, 5) is 14.4. The lowest BCUT2D eigenvalue weighted by Crippen LogP contribution is -2.35. The molecule has 1 N–H and O–H groups in total. The highest BCUT2D eigenvalue weighted by Gasteiger charge is 2.28. The summed E-state index contributed by atoms with van der Waals surface area (Å²) in [6.45, 7) is 4.47. The fourth-order valence-corrected chi connectivity index (χ4v) is 2.64. The van der Waals surface area contributed by atoms with Crippen molar-refractivity contribution in [2.75, 3.05) is 5.32 Å². The molecule has 5 nitrogen and oxygen atoms in total. The average Bonchev–Trinajstić information content (AvgIpc) is 2.35. The molecule has 0 aliphatic heterocycles. The highest BCUT2D eigenvalue weighted by atomic mass is 16.6. The van der Waals surface area contributed by atoms with Crippen LogP contribution in [0.15, 0.2) is 18.5 Å². The standard InChI is InChI=1S/C13H19N3O2/c1-9-4-3-5-11(10(9)2)15-12-6-7-14-8-13(12)16(17)18/h6-11H,3-5H2,1-2H3,(H,14,15). The van der Waals surface area contributed by atoms with Crippen molar-refractivity contribution in [3.05, 3.63) is 28.6 Å². The molecule has 2 rings (SSSR count). The molecule has 3 unspecified atom stereocenters. The van der Waals surface area contributed by atoms with E-state index in [1.807, 2.05) is 0 Å². The Morgan fingerprint density at radius 1 is 1.44 bits per heavy atom. The smallest absolute Gasteiger partial charge is 0.310 e. The maximum atomic E-state index is 10.9. The van der Waals surface area contributed by atoms with Gasteiger partial charge >= 0.3 is 5.69 Å². The fourth-order valence-electron chi connectivity index (χ4n) is 2.64. The molecular weight excluding hydrogens is 230 g/mol. The third-order valence-corrected chi connectivity index (χ3v) is 4.04. The van der Waals surface area contributed by atoms with Gasteiger partial charge < -0.3 is 5.32 Å². The molecule has 1 aliphatic carbocycles. The Balaban J connectivity index is 2.16. The lowest BCUT2D eigenvalue weighted by Gasteiger charge is -2.35. The zero-order valence-electron chi connectivity index (χ0n) is 10.8. The Morgan fingerprint density at radius 2 is 2.22 bits per heavy atom. The van der Waals surface area contributed by atoms with Crippen LogP contribution < -0.4 is 5.32 Å². The maximum Gasteiger partial charge on any atom is 0.310 e. The van der Waals surface area contributed by atoms with E-state index in [0.717, 1.165) is 6.42 Å². The van der Waals surface area contributed by atoms with Gasteiger partial charge in [0.15, 0.2) is 0 Å². The first-order valence-electron chi connectivity index (χ1n) is 6.44. The first-order valence-corrected chi connectivity index (χ1v) is 6.44. The second kappa shape index (κ2) is 5.33. The van der Waals surface area contributed by atoms with Crippen molar-refractivity contribution < 1.29 is 4.92 Å². The predicted molar refractivity (Wildman–Crippen MR) is 70.5 cm³/mol. The molecule has 0 spiro atoms. The summed E-state index contributed by atoms with van der Waals surface area (Å²) in [7, 11) is 0. The number of rotatable bonds is 3. The van der Waals surface area contributed by atoms with Gasteiger partial charge in [-0.05, 0) is 24.3 Å². The number of anilines is 1. The second-order valence-corrected chi connectivity index (χ2v) is 5.17. The van der Waals surface area contributed by atoms with E-state index < -0.39 is 0 Å². The van der Waals surface area contributed by atoms with Gasteiger partial charge in [-0.25, -0.2) is 0 Å². The molecule has 98 valence electrons. The lowest BCUT2D eigenvalue weighted by molar-refractivity contribution is -0.384. The molecule has 1 heterocycles. The number of aromatic nitrogens is 1. The van der Waals surface area contributed by atoms with Gasteiger partial charge in [0, 0.05) is 12.2 Å². The SMILES string of the molecule is CC1CCCC(Nc2ccncc2[N+](=O)[O-])C1C. The Hall–Kier alpha value is -1.65. The van der Waals surface area contributed by atoms with E-state index >= 15 is 0 Å². The molecule has 1 saturated carbocycles. The fraction of sp³-hybridized carbons (Fsp3) is 0.615. The molecule has 0 saturated heterocycles. The Morgan fingerprint density at radius 3 is 2.94 bits per heavy atom. The topological polar surface area (TPSA) is 68.1 Å². The van der Waals surface area contributed by atoms with E-state index in [9.17, 15) is 10.1 Å². The first kappa shape index (κ1) is 12.8. The van der Waals surface area contributed by atoms with Crippen molar-refractivity contribution in [2.45, 2.75) is 39.2 Å². The van der Waals surface area contributed by atoms with Gasteiger partial charge in [0.25, 0.3) is 0 Å². The summed E-state index contributed by atoms with van der Waals surface area (Å²) in [5.41, 5.74) is 0.642. The highest BCUT2D eigenvalue weighted by molar-refractivity contribution is 5.60. The van der Waals surface area contributed by atoms with Gasteiger partial charge in [0.05, 0.1) is 4.92 Å². The molecule has 1 aromatic rings. The van der Waals surface area contributed by atoms with Crippen LogP contribution in [0, 0.1) is 22.0 Å². The van der Waals surface area contributed by atoms with Gasteiger partial charge in [0.1, 0.15) is 11.9 Å². The highest BCUT2D eigenvalue weighted by Crippen LogP contribution is 2.33. The normalized spacial score (nSPS) is 27.8. The van der Waals surface area contributed by atoms with Crippen LogP contribution in [0.2, 0.25) is 0 Å². The zero-order valence-corrected chi connectivity index (χ0v) is 10.8. The Labute approximate surface area is 107 Å². The second-order valence-electron chi connectivity index (χ2n) is 5.17. The number of pyridine rings is 1. The summed E-state index contributed by atoms with van der Waals surface area (Å²) in [6.07, 6.45) is 6.40. The summed E-state index contributed by atoms with van der Waals surface area (Å²) >= 11 is 0. The molecule has 5 heteroatoms. The van der Waals surface area contributed by atoms with E-state index in [0.29, 0.717) is 23.6 Å². The average molecular weight is 249 g/mol. The van der Waals surface area contributed by atoms with Crippen LogP contribution in [0.1, 0.15) is 33.1 Å².